The van der Waals surface area contributed by atoms with Crippen LogP contribution in [0.1, 0.15) is 25.6 Å². The molecule has 0 radical (unpaired) electrons. The molecule has 0 atom stereocenters. The molecule has 0 spiro atoms. The van der Waals surface area contributed by atoms with Gasteiger partial charge in [0.15, 0.2) is 0 Å². The van der Waals surface area contributed by atoms with E-state index in [1.165, 1.54) is 0 Å². The number of rotatable bonds is 7. The lowest BCUT2D eigenvalue weighted by Crippen LogP contribution is -2.43. The van der Waals surface area contributed by atoms with Crippen LogP contribution in [0.4, 0.5) is 0 Å². The van der Waals surface area contributed by atoms with Crippen molar-refractivity contribution < 1.29 is 9.22 Å². The highest BCUT2D eigenvalue weighted by atomic mass is 16.5. The van der Waals surface area contributed by atoms with Gasteiger partial charge in [0.1, 0.15) is 6.54 Å². The number of likely N-dealkylation sites (N-methyl/N-ethyl adjacent to an activating group) is 1. The number of methoxy groups -OCH3 is 1. The average Bonchev–Trinajstić information content (AvgIpc) is 2.73. The topological polar surface area (TPSA) is 39.9 Å². The Morgan fingerprint density at radius 1 is 1.35 bits per heavy atom. The first-order chi connectivity index (χ1) is 7.94. The van der Waals surface area contributed by atoms with Gasteiger partial charge in [-0.1, -0.05) is 5.21 Å². The molecule has 5 heteroatoms. The van der Waals surface area contributed by atoms with Gasteiger partial charge in [-0.05, 0) is 13.8 Å². The molecule has 0 amide bonds. The molecule has 1 rings (SSSR count). The Morgan fingerprint density at radius 2 is 2.06 bits per heavy atom. The van der Waals surface area contributed by atoms with Crippen molar-refractivity contribution >= 4 is 0 Å². The van der Waals surface area contributed by atoms with Crippen molar-refractivity contribution in [2.45, 2.75) is 26.3 Å². The number of hydrogen-bond acceptors (Lipinski definition) is 3. The zero-order valence-electron chi connectivity index (χ0n) is 11.7. The van der Waals surface area contributed by atoms with Crippen molar-refractivity contribution in [2.24, 2.45) is 0 Å². The minimum absolute atomic E-state index is 0.382. The molecule has 17 heavy (non-hydrogen) atoms. The van der Waals surface area contributed by atoms with E-state index in [1.807, 2.05) is 10.9 Å². The Labute approximate surface area is 104 Å². The van der Waals surface area contributed by atoms with Crippen LogP contribution in [0.5, 0.6) is 0 Å². The molecule has 0 bridgehead atoms. The number of hydrogen-bond donors (Lipinski definition) is 0. The van der Waals surface area contributed by atoms with Crippen molar-refractivity contribution in [3.8, 4) is 0 Å². The molecule has 0 aliphatic rings. The van der Waals surface area contributed by atoms with Gasteiger partial charge in [-0.3, -0.25) is 0 Å². The van der Waals surface area contributed by atoms with Crippen LogP contribution in [0.25, 0.3) is 0 Å². The minimum atomic E-state index is 0.382. The third-order valence-electron chi connectivity index (χ3n) is 2.96. The van der Waals surface area contributed by atoms with E-state index in [0.29, 0.717) is 6.04 Å². The van der Waals surface area contributed by atoms with E-state index in [1.54, 1.807) is 7.11 Å². The first-order valence-corrected chi connectivity index (χ1v) is 6.16. The van der Waals surface area contributed by atoms with Crippen molar-refractivity contribution in [1.82, 2.24) is 15.0 Å². The van der Waals surface area contributed by atoms with Crippen molar-refractivity contribution in [3.63, 3.8) is 0 Å². The van der Waals surface area contributed by atoms with Crippen LogP contribution in [-0.2, 0) is 11.2 Å². The van der Waals surface area contributed by atoms with Gasteiger partial charge in [-0.15, -0.1) is 5.10 Å². The van der Waals surface area contributed by atoms with Gasteiger partial charge in [0.2, 0.25) is 0 Å². The highest BCUT2D eigenvalue weighted by Crippen LogP contribution is 2.05. The highest BCUT2D eigenvalue weighted by molar-refractivity contribution is 4.92. The average molecular weight is 241 g/mol. The predicted molar refractivity (Wildman–Crippen MR) is 67.8 cm³/mol. The molecule has 98 valence electrons. The molecule has 1 aromatic heterocycles. The predicted octanol–water partition coefficient (Wildman–Crippen LogP) is 1.12. The number of quaternary nitrogens is 1. The number of ether oxygens (including phenoxy) is 1. The van der Waals surface area contributed by atoms with E-state index < -0.39 is 0 Å². The number of nitrogens with zero attached hydrogens (tertiary/aromatic N) is 4. The number of aromatic nitrogens is 3. The molecule has 0 saturated carbocycles. The summed E-state index contributed by atoms with van der Waals surface area (Å²) in [6, 6.07) is 0.382. The van der Waals surface area contributed by atoms with Gasteiger partial charge < -0.3 is 9.22 Å². The maximum atomic E-state index is 5.12. The fourth-order valence-electron chi connectivity index (χ4n) is 1.55. The van der Waals surface area contributed by atoms with Crippen molar-refractivity contribution in [2.75, 3.05) is 40.9 Å². The van der Waals surface area contributed by atoms with Crippen LogP contribution < -0.4 is 0 Å². The normalized spacial score (nSPS) is 12.4. The minimum Gasteiger partial charge on any atom is -0.379 e. The summed E-state index contributed by atoms with van der Waals surface area (Å²) in [6.45, 7) is 7.09. The second-order valence-electron chi connectivity index (χ2n) is 5.41. The standard InChI is InChI=1S/C12H25N4O/c1-11(2)15-10-12(13-14-15)6-7-16(3,4)8-9-17-5/h10-11H,6-9H2,1-5H3/q+1. The zero-order valence-corrected chi connectivity index (χ0v) is 11.7. The first kappa shape index (κ1) is 14.1. The molecule has 0 unspecified atom stereocenters. The zero-order chi connectivity index (χ0) is 12.9. The second-order valence-corrected chi connectivity index (χ2v) is 5.41. The van der Waals surface area contributed by atoms with Gasteiger partial charge in [0.25, 0.3) is 0 Å². The lowest BCUT2D eigenvalue weighted by Gasteiger charge is -2.29. The fourth-order valence-corrected chi connectivity index (χ4v) is 1.55. The summed E-state index contributed by atoms with van der Waals surface area (Å²) in [5, 5.41) is 8.31. The second kappa shape index (κ2) is 6.12. The van der Waals surface area contributed by atoms with E-state index in [4.69, 9.17) is 4.74 Å². The summed E-state index contributed by atoms with van der Waals surface area (Å²) in [6.07, 6.45) is 3.00. The van der Waals surface area contributed by atoms with Gasteiger partial charge in [-0.2, -0.15) is 0 Å². The summed E-state index contributed by atoms with van der Waals surface area (Å²) in [7, 11) is 6.17. The molecule has 0 N–H and O–H groups in total. The lowest BCUT2D eigenvalue weighted by molar-refractivity contribution is -0.890. The van der Waals surface area contributed by atoms with Crippen LogP contribution in [0.15, 0.2) is 6.20 Å². The SMILES string of the molecule is COCC[N+](C)(C)CCc1cn(C(C)C)nn1. The maximum Gasteiger partial charge on any atom is 0.102 e. The Kier molecular flexibility index (Phi) is 5.08. The van der Waals surface area contributed by atoms with Gasteiger partial charge in [0.05, 0.1) is 32.9 Å². The van der Waals surface area contributed by atoms with E-state index in [0.717, 1.165) is 36.3 Å². The highest BCUT2D eigenvalue weighted by Gasteiger charge is 2.15. The summed E-state index contributed by atoms with van der Waals surface area (Å²) in [4.78, 5) is 0. The molecule has 1 aromatic rings. The van der Waals surface area contributed by atoms with Gasteiger partial charge in [0, 0.05) is 25.8 Å². The molecule has 0 saturated heterocycles. The van der Waals surface area contributed by atoms with Crippen LogP contribution in [0.2, 0.25) is 0 Å². The smallest absolute Gasteiger partial charge is 0.102 e. The summed E-state index contributed by atoms with van der Waals surface area (Å²) in [5.74, 6) is 0. The molecule has 5 nitrogen and oxygen atoms in total. The van der Waals surface area contributed by atoms with E-state index in [9.17, 15) is 0 Å². The summed E-state index contributed by atoms with van der Waals surface area (Å²) in [5.41, 5.74) is 1.07. The van der Waals surface area contributed by atoms with E-state index >= 15 is 0 Å². The van der Waals surface area contributed by atoms with Crippen LogP contribution in [0, 0.1) is 0 Å². The summed E-state index contributed by atoms with van der Waals surface area (Å²) < 4.78 is 7.97. The van der Waals surface area contributed by atoms with Gasteiger partial charge in [-0.25, -0.2) is 4.68 Å². The molecule has 1 heterocycles. The van der Waals surface area contributed by atoms with Crippen molar-refractivity contribution in [3.05, 3.63) is 11.9 Å². The van der Waals surface area contributed by atoms with Crippen LogP contribution >= 0.6 is 0 Å². The largest absolute Gasteiger partial charge is 0.379 e. The van der Waals surface area contributed by atoms with Crippen LogP contribution in [0.3, 0.4) is 0 Å². The Hall–Kier alpha value is -0.940. The molecule has 0 aliphatic heterocycles. The summed E-state index contributed by atoms with van der Waals surface area (Å²) >= 11 is 0. The Bertz CT molecular complexity index is 333. The third kappa shape index (κ3) is 4.83. The molecule has 0 fully saturated rings. The maximum absolute atomic E-state index is 5.12. The molecule has 0 aromatic carbocycles. The van der Waals surface area contributed by atoms with E-state index in [2.05, 4.69) is 38.3 Å². The van der Waals surface area contributed by atoms with Crippen molar-refractivity contribution in [1.29, 1.82) is 0 Å². The molecular formula is C12H25N4O+. The Balaban J connectivity index is 2.43. The monoisotopic (exact) mass is 241 g/mol. The lowest BCUT2D eigenvalue weighted by atomic mass is 10.3. The van der Waals surface area contributed by atoms with Crippen LogP contribution in [-0.4, -0.2) is 60.4 Å². The molecular weight excluding hydrogens is 216 g/mol. The fraction of sp³-hybridized carbons (Fsp3) is 0.833. The first-order valence-electron chi connectivity index (χ1n) is 6.16. The Morgan fingerprint density at radius 3 is 2.59 bits per heavy atom. The third-order valence-corrected chi connectivity index (χ3v) is 2.96. The van der Waals surface area contributed by atoms with Gasteiger partial charge >= 0.3 is 0 Å². The quantitative estimate of drug-likeness (QED) is 0.672. The van der Waals surface area contributed by atoms with E-state index in [-0.39, 0.29) is 0 Å². The molecule has 0 aliphatic carbocycles.